The Kier molecular flexibility index (Phi) is 5.89. The number of alkyl halides is 1. The van der Waals surface area contributed by atoms with E-state index in [0.717, 1.165) is 17.0 Å². The highest BCUT2D eigenvalue weighted by Crippen LogP contribution is 2.22. The number of nitrogens with zero attached hydrogens (tertiary/aromatic N) is 3. The Bertz CT molecular complexity index is 692. The fourth-order valence-corrected chi connectivity index (χ4v) is 2.30. The number of carbonyl (C=O) groups excluding carboxylic acids is 1. The fraction of sp³-hybridized carbons (Fsp3) is 0.444. The normalized spacial score (nSPS) is 11.4. The maximum atomic E-state index is 12.2. The van der Waals surface area contributed by atoms with Crippen molar-refractivity contribution in [3.63, 3.8) is 0 Å². The van der Waals surface area contributed by atoms with Gasteiger partial charge >= 0.3 is 0 Å². The first-order chi connectivity index (χ1) is 11.3. The highest BCUT2D eigenvalue weighted by atomic mass is 35.5. The molecule has 1 aromatic carbocycles. The molecule has 0 N–H and O–H groups in total. The smallest absolute Gasteiger partial charge is 0.242 e. The van der Waals surface area contributed by atoms with Gasteiger partial charge < -0.3 is 9.64 Å². The molecular formula is C18H24ClN3O2. The zero-order chi connectivity index (χ0) is 17.7. The summed E-state index contributed by atoms with van der Waals surface area (Å²) in [5.41, 5.74) is 1.79. The molecule has 6 heteroatoms. The predicted octanol–water partition coefficient (Wildman–Crippen LogP) is 3.62. The number of aryl methyl sites for hydroxylation is 1. The van der Waals surface area contributed by atoms with Crippen LogP contribution in [0.3, 0.4) is 0 Å². The van der Waals surface area contributed by atoms with E-state index in [1.165, 1.54) is 0 Å². The molecule has 0 saturated carbocycles. The number of hydrogen-bond donors (Lipinski definition) is 0. The van der Waals surface area contributed by atoms with E-state index in [-0.39, 0.29) is 17.2 Å². The van der Waals surface area contributed by atoms with Crippen molar-refractivity contribution in [1.82, 2.24) is 9.78 Å². The molecule has 1 amide bonds. The van der Waals surface area contributed by atoms with Gasteiger partial charge in [0.2, 0.25) is 5.91 Å². The zero-order valence-electron chi connectivity index (χ0n) is 14.6. The second kappa shape index (κ2) is 7.71. The Morgan fingerprint density at radius 1 is 1.38 bits per heavy atom. The molecule has 0 spiro atoms. The number of rotatable bonds is 6. The van der Waals surface area contributed by atoms with Crippen molar-refractivity contribution in [2.75, 3.05) is 17.4 Å². The van der Waals surface area contributed by atoms with Gasteiger partial charge in [-0.05, 0) is 23.1 Å². The molecule has 0 unspecified atom stereocenters. The highest BCUT2D eigenvalue weighted by molar-refractivity contribution is 6.29. The molecule has 2 rings (SSSR count). The molecule has 0 saturated heterocycles. The summed E-state index contributed by atoms with van der Waals surface area (Å²) in [7, 11) is 1.81. The minimum absolute atomic E-state index is 0.0743. The molecule has 24 heavy (non-hydrogen) atoms. The molecular weight excluding hydrogens is 326 g/mol. The van der Waals surface area contributed by atoms with E-state index in [4.69, 9.17) is 16.3 Å². The van der Waals surface area contributed by atoms with Crippen molar-refractivity contribution < 1.29 is 9.53 Å². The number of benzene rings is 1. The van der Waals surface area contributed by atoms with Crippen molar-refractivity contribution in [3.8, 4) is 5.75 Å². The van der Waals surface area contributed by atoms with Gasteiger partial charge in [0.25, 0.3) is 0 Å². The minimum atomic E-state index is -0.161. The van der Waals surface area contributed by atoms with E-state index >= 15 is 0 Å². The first-order valence-electron chi connectivity index (χ1n) is 7.85. The van der Waals surface area contributed by atoms with E-state index in [0.29, 0.717) is 13.2 Å². The van der Waals surface area contributed by atoms with Gasteiger partial charge in [0.15, 0.2) is 0 Å². The number of ether oxygens (including phenoxy) is 1. The summed E-state index contributed by atoms with van der Waals surface area (Å²) in [6.07, 6.45) is 3.45. The second-order valence-corrected chi connectivity index (χ2v) is 7.25. The van der Waals surface area contributed by atoms with Crippen LogP contribution >= 0.6 is 11.6 Å². The van der Waals surface area contributed by atoms with E-state index < -0.39 is 0 Å². The van der Waals surface area contributed by atoms with Crippen molar-refractivity contribution in [1.29, 1.82) is 0 Å². The summed E-state index contributed by atoms with van der Waals surface area (Å²) in [6, 6.07) is 7.78. The van der Waals surface area contributed by atoms with Gasteiger partial charge in [0.1, 0.15) is 11.6 Å². The standard InChI is InChI=1S/C18H24ClN3O2/c1-18(2,3)13-24-16-7-5-6-14(8-16)11-22(17(23)9-19)15-10-20-21(4)12-15/h5-8,10,12H,9,11,13H2,1-4H3. The molecule has 2 aromatic rings. The third kappa shape index (κ3) is 5.27. The summed E-state index contributed by atoms with van der Waals surface area (Å²) < 4.78 is 7.50. The van der Waals surface area contributed by atoms with E-state index in [1.807, 2.05) is 31.3 Å². The Labute approximate surface area is 148 Å². The predicted molar refractivity (Wildman–Crippen MR) is 96.5 cm³/mol. The molecule has 1 heterocycles. The van der Waals surface area contributed by atoms with Crippen LogP contribution in [0.1, 0.15) is 26.3 Å². The molecule has 130 valence electrons. The number of hydrogen-bond acceptors (Lipinski definition) is 3. The van der Waals surface area contributed by atoms with Crippen molar-refractivity contribution in [2.45, 2.75) is 27.3 Å². The number of carbonyl (C=O) groups is 1. The summed E-state index contributed by atoms with van der Waals surface area (Å²) in [5, 5.41) is 4.12. The largest absolute Gasteiger partial charge is 0.493 e. The fourth-order valence-electron chi connectivity index (χ4n) is 2.16. The maximum Gasteiger partial charge on any atom is 0.242 e. The van der Waals surface area contributed by atoms with E-state index in [2.05, 4.69) is 25.9 Å². The van der Waals surface area contributed by atoms with Gasteiger partial charge in [-0.15, -0.1) is 11.6 Å². The van der Waals surface area contributed by atoms with Gasteiger partial charge in [0.05, 0.1) is 25.0 Å². The van der Waals surface area contributed by atoms with Crippen molar-refractivity contribution >= 4 is 23.2 Å². The quantitative estimate of drug-likeness (QED) is 0.748. The highest BCUT2D eigenvalue weighted by Gasteiger charge is 2.17. The molecule has 0 fully saturated rings. The van der Waals surface area contributed by atoms with Crippen LogP contribution in [0, 0.1) is 5.41 Å². The Balaban J connectivity index is 2.16. The maximum absolute atomic E-state index is 12.2. The van der Waals surface area contributed by atoms with E-state index in [9.17, 15) is 4.79 Å². The summed E-state index contributed by atoms with van der Waals surface area (Å²) in [5.74, 6) is 0.562. The number of halogens is 1. The first-order valence-corrected chi connectivity index (χ1v) is 8.39. The minimum Gasteiger partial charge on any atom is -0.493 e. The number of anilines is 1. The Morgan fingerprint density at radius 3 is 2.71 bits per heavy atom. The summed E-state index contributed by atoms with van der Waals surface area (Å²) in [6.45, 7) is 7.42. The summed E-state index contributed by atoms with van der Waals surface area (Å²) >= 11 is 5.76. The van der Waals surface area contributed by atoms with Crippen LogP contribution in [0.2, 0.25) is 0 Å². The Morgan fingerprint density at radius 2 is 2.12 bits per heavy atom. The SMILES string of the molecule is Cn1cc(N(Cc2cccc(OCC(C)(C)C)c2)C(=O)CCl)cn1. The van der Waals surface area contributed by atoms with Gasteiger partial charge in [-0.25, -0.2) is 0 Å². The molecule has 0 radical (unpaired) electrons. The Hall–Kier alpha value is -2.01. The molecule has 0 aliphatic carbocycles. The lowest BCUT2D eigenvalue weighted by Crippen LogP contribution is -2.31. The molecule has 1 aromatic heterocycles. The van der Waals surface area contributed by atoms with Gasteiger partial charge in [-0.3, -0.25) is 9.48 Å². The lowest BCUT2D eigenvalue weighted by molar-refractivity contribution is -0.116. The third-order valence-corrected chi connectivity index (χ3v) is 3.56. The van der Waals surface area contributed by atoms with Crippen LogP contribution in [0.25, 0.3) is 0 Å². The van der Waals surface area contributed by atoms with E-state index in [1.54, 1.807) is 22.0 Å². The molecule has 0 atom stereocenters. The van der Waals surface area contributed by atoms with Gasteiger partial charge in [-0.1, -0.05) is 32.9 Å². The average Bonchev–Trinajstić information content (AvgIpc) is 2.96. The second-order valence-electron chi connectivity index (χ2n) is 6.98. The van der Waals surface area contributed by atoms with Crippen LogP contribution in [-0.2, 0) is 18.4 Å². The van der Waals surface area contributed by atoms with Gasteiger partial charge in [-0.2, -0.15) is 5.10 Å². The molecule has 0 aliphatic heterocycles. The van der Waals surface area contributed by atoms with Crippen molar-refractivity contribution in [3.05, 3.63) is 42.2 Å². The number of amides is 1. The lowest BCUT2D eigenvalue weighted by atomic mass is 9.99. The van der Waals surface area contributed by atoms with Crippen LogP contribution in [0.15, 0.2) is 36.7 Å². The molecule has 0 bridgehead atoms. The third-order valence-electron chi connectivity index (χ3n) is 3.33. The van der Waals surface area contributed by atoms with Crippen LogP contribution < -0.4 is 9.64 Å². The average molecular weight is 350 g/mol. The monoisotopic (exact) mass is 349 g/mol. The molecule has 5 nitrogen and oxygen atoms in total. The number of aromatic nitrogens is 2. The first kappa shape index (κ1) is 18.3. The lowest BCUT2D eigenvalue weighted by Gasteiger charge is -2.21. The topological polar surface area (TPSA) is 47.4 Å². The van der Waals surface area contributed by atoms with Crippen molar-refractivity contribution in [2.24, 2.45) is 12.5 Å². The van der Waals surface area contributed by atoms with Crippen LogP contribution in [0.5, 0.6) is 5.75 Å². The van der Waals surface area contributed by atoms with Crippen LogP contribution in [0.4, 0.5) is 5.69 Å². The van der Waals surface area contributed by atoms with Crippen LogP contribution in [-0.4, -0.2) is 28.2 Å². The molecule has 0 aliphatic rings. The zero-order valence-corrected chi connectivity index (χ0v) is 15.4. The van der Waals surface area contributed by atoms with Gasteiger partial charge in [0, 0.05) is 13.2 Å². The summed E-state index contributed by atoms with van der Waals surface area (Å²) in [4.78, 5) is 13.8.